The molecule has 5 nitrogen and oxygen atoms in total. The first kappa shape index (κ1) is 18.4. The number of β-lactam (4-membered cyclic amide) rings is 1. The Morgan fingerprint density at radius 3 is 2.74 bits per heavy atom. The summed E-state index contributed by atoms with van der Waals surface area (Å²) in [6.07, 6.45) is 0.0304. The van der Waals surface area contributed by atoms with E-state index in [0.717, 1.165) is 12.2 Å². The molecule has 2 N–H and O–H groups in total. The Morgan fingerprint density at radius 2 is 2.00 bits per heavy atom. The second-order valence-electron chi connectivity index (χ2n) is 6.66. The van der Waals surface area contributed by atoms with E-state index in [4.69, 9.17) is 0 Å². The van der Waals surface area contributed by atoms with E-state index in [1.165, 1.54) is 44.8 Å². The number of hydrogen-bond acceptors (Lipinski definition) is 5. The van der Waals surface area contributed by atoms with Crippen LogP contribution < -0.4 is 0 Å². The number of aryl methyl sites for hydroxylation is 1. The lowest BCUT2D eigenvalue weighted by Crippen LogP contribution is -2.60. The van der Waals surface area contributed by atoms with Gasteiger partial charge in [0, 0.05) is 5.75 Å². The Bertz CT molecular complexity index is 951. The van der Waals surface area contributed by atoms with Crippen molar-refractivity contribution in [2.45, 2.75) is 24.8 Å². The molecule has 27 heavy (non-hydrogen) atoms. The van der Waals surface area contributed by atoms with Crippen molar-refractivity contribution in [2.24, 2.45) is 5.92 Å². The monoisotopic (exact) mass is 401 g/mol. The second kappa shape index (κ2) is 7.22. The number of amides is 1. The number of benzene rings is 2. The zero-order valence-corrected chi connectivity index (χ0v) is 16.3. The van der Waals surface area contributed by atoms with E-state index in [9.17, 15) is 19.8 Å². The Balaban J connectivity index is 1.49. The summed E-state index contributed by atoms with van der Waals surface area (Å²) in [6.45, 7) is 1.58. The average Bonchev–Trinajstić information content (AvgIpc) is 2.96. The fraction of sp³-hybridized carbons (Fsp3) is 0.300. The maximum Gasteiger partial charge on any atom is 0.354 e. The molecule has 2 aromatic carbocycles. The van der Waals surface area contributed by atoms with E-state index < -0.39 is 18.0 Å². The first-order valence-corrected chi connectivity index (χ1v) is 10.6. The molecule has 1 amide bonds. The van der Waals surface area contributed by atoms with Gasteiger partial charge in [0.05, 0.1) is 16.3 Å². The molecule has 7 heteroatoms. The molecule has 2 heterocycles. The van der Waals surface area contributed by atoms with Crippen LogP contribution in [0.25, 0.3) is 10.8 Å². The smallest absolute Gasteiger partial charge is 0.354 e. The molecule has 0 saturated carbocycles. The van der Waals surface area contributed by atoms with Crippen LogP contribution in [0.4, 0.5) is 0 Å². The van der Waals surface area contributed by atoms with E-state index in [1.807, 2.05) is 18.2 Å². The molecule has 1 fully saturated rings. The summed E-state index contributed by atoms with van der Waals surface area (Å²) in [5.41, 5.74) is 1.29. The maximum absolute atomic E-state index is 12.2. The minimum Gasteiger partial charge on any atom is -0.477 e. The van der Waals surface area contributed by atoms with Crippen LogP contribution in [-0.2, 0) is 16.0 Å². The Morgan fingerprint density at radius 1 is 1.26 bits per heavy atom. The maximum atomic E-state index is 12.2. The number of aliphatic hydroxyl groups excluding tert-OH is 1. The van der Waals surface area contributed by atoms with E-state index in [-0.39, 0.29) is 17.0 Å². The van der Waals surface area contributed by atoms with Crippen LogP contribution in [0.15, 0.2) is 52.4 Å². The summed E-state index contributed by atoms with van der Waals surface area (Å²) >= 11 is 2.86. The minimum absolute atomic E-state index is 0.0646. The molecule has 2 aromatic rings. The number of carboxylic acids is 1. The van der Waals surface area contributed by atoms with Crippen LogP contribution in [0, 0.1) is 5.92 Å². The average molecular weight is 402 g/mol. The third kappa shape index (κ3) is 3.13. The van der Waals surface area contributed by atoms with Gasteiger partial charge in [0.15, 0.2) is 5.70 Å². The summed E-state index contributed by atoms with van der Waals surface area (Å²) < 4.78 is 0.657. The normalized spacial score (nSPS) is 22.7. The van der Waals surface area contributed by atoms with Gasteiger partial charge in [0.2, 0.25) is 5.91 Å². The van der Waals surface area contributed by atoms with Crippen molar-refractivity contribution >= 4 is 46.2 Å². The number of carbonyl (C=O) groups excluding carboxylic acids is 1. The lowest BCUT2D eigenvalue weighted by Gasteiger charge is -2.43. The van der Waals surface area contributed by atoms with Crippen LogP contribution in [0.1, 0.15) is 12.5 Å². The van der Waals surface area contributed by atoms with Gasteiger partial charge in [-0.15, -0.1) is 11.8 Å². The fourth-order valence-corrected chi connectivity index (χ4v) is 6.58. The molecule has 0 bridgehead atoms. The van der Waals surface area contributed by atoms with Gasteiger partial charge >= 0.3 is 5.97 Å². The lowest BCUT2D eigenvalue weighted by molar-refractivity contribution is -0.156. The highest BCUT2D eigenvalue weighted by molar-refractivity contribution is 8.22. The number of aliphatic carboxylic acids is 1. The Kier molecular flexibility index (Phi) is 4.92. The van der Waals surface area contributed by atoms with Crippen molar-refractivity contribution in [3.63, 3.8) is 0 Å². The van der Waals surface area contributed by atoms with Gasteiger partial charge in [-0.1, -0.05) is 54.2 Å². The van der Waals surface area contributed by atoms with E-state index in [2.05, 4.69) is 24.3 Å². The number of rotatable bonds is 6. The first-order chi connectivity index (χ1) is 13.0. The number of carbonyl (C=O) groups is 2. The Hall–Kier alpha value is -1.96. The van der Waals surface area contributed by atoms with Crippen molar-refractivity contribution < 1.29 is 19.8 Å². The molecule has 4 rings (SSSR count). The van der Waals surface area contributed by atoms with Crippen molar-refractivity contribution in [2.75, 3.05) is 5.75 Å². The molecule has 140 valence electrons. The standard InChI is InChI=1S/C20H19NO4S2/c1-11(22)15-17(23)21-16(19(24)25)20(27-18(15)21)26-10-9-13-7-4-6-12-5-2-3-8-14(12)13/h2-8,11,15,18,22H,9-10H2,1H3,(H,24,25)/t11-,15+,18+/m0/s1. The fourth-order valence-electron chi connectivity index (χ4n) is 3.62. The number of carboxylic acid groups (broad SMARTS) is 1. The van der Waals surface area contributed by atoms with Crippen molar-refractivity contribution in [1.29, 1.82) is 0 Å². The van der Waals surface area contributed by atoms with Crippen LogP contribution in [0.2, 0.25) is 0 Å². The lowest BCUT2D eigenvalue weighted by atomic mass is 9.92. The summed E-state index contributed by atoms with van der Waals surface area (Å²) in [7, 11) is 0. The van der Waals surface area contributed by atoms with Gasteiger partial charge in [0.25, 0.3) is 0 Å². The van der Waals surface area contributed by atoms with Gasteiger partial charge < -0.3 is 10.2 Å². The largest absolute Gasteiger partial charge is 0.477 e. The molecule has 2 aliphatic rings. The Labute approximate surface area is 165 Å². The zero-order chi connectivity index (χ0) is 19.1. The predicted octanol–water partition coefficient (Wildman–Crippen LogP) is 3.28. The van der Waals surface area contributed by atoms with Crippen LogP contribution in [-0.4, -0.2) is 44.2 Å². The van der Waals surface area contributed by atoms with Crippen molar-refractivity contribution in [3.05, 3.63) is 58.0 Å². The molecule has 0 aromatic heterocycles. The molecule has 0 radical (unpaired) electrons. The number of fused-ring (bicyclic) bond motifs is 2. The van der Waals surface area contributed by atoms with E-state index in [0.29, 0.717) is 4.24 Å². The van der Waals surface area contributed by atoms with Gasteiger partial charge in [0.1, 0.15) is 5.37 Å². The molecule has 3 atom stereocenters. The topological polar surface area (TPSA) is 77.8 Å². The molecular formula is C20H19NO4S2. The van der Waals surface area contributed by atoms with Gasteiger partial charge in [-0.05, 0) is 29.7 Å². The predicted molar refractivity (Wildman–Crippen MR) is 108 cm³/mol. The summed E-state index contributed by atoms with van der Waals surface area (Å²) in [5, 5.41) is 21.5. The number of aliphatic hydroxyl groups is 1. The SMILES string of the molecule is C[C@H](O)[C@@H]1C(=O)N2C(C(=O)O)=C(SCCc3cccc4ccccc34)S[C@H]12. The quantitative estimate of drug-likeness (QED) is 0.724. The first-order valence-electron chi connectivity index (χ1n) is 8.74. The van der Waals surface area contributed by atoms with E-state index >= 15 is 0 Å². The van der Waals surface area contributed by atoms with Gasteiger partial charge in [-0.25, -0.2) is 4.79 Å². The third-order valence-corrected chi connectivity index (χ3v) is 7.61. The molecule has 1 saturated heterocycles. The summed E-state index contributed by atoms with van der Waals surface area (Å²) in [5.74, 6) is -1.19. The molecule has 0 aliphatic carbocycles. The molecule has 0 unspecified atom stereocenters. The minimum atomic E-state index is -1.09. The summed E-state index contributed by atoms with van der Waals surface area (Å²) in [4.78, 5) is 25.2. The third-order valence-electron chi connectivity index (χ3n) is 4.95. The highest BCUT2D eigenvalue weighted by atomic mass is 32.2. The zero-order valence-electron chi connectivity index (χ0n) is 14.7. The van der Waals surface area contributed by atoms with Gasteiger partial charge in [-0.3, -0.25) is 9.69 Å². The highest BCUT2D eigenvalue weighted by Gasteiger charge is 2.57. The van der Waals surface area contributed by atoms with Crippen LogP contribution in [0.5, 0.6) is 0 Å². The molecular weight excluding hydrogens is 382 g/mol. The number of thioether (sulfide) groups is 2. The molecule has 2 aliphatic heterocycles. The number of nitrogens with zero attached hydrogens (tertiary/aromatic N) is 1. The van der Waals surface area contributed by atoms with Crippen molar-refractivity contribution in [3.8, 4) is 0 Å². The van der Waals surface area contributed by atoms with Crippen LogP contribution in [0.3, 0.4) is 0 Å². The number of hydrogen-bond donors (Lipinski definition) is 2. The highest BCUT2D eigenvalue weighted by Crippen LogP contribution is 2.53. The molecule has 0 spiro atoms. The van der Waals surface area contributed by atoms with Crippen LogP contribution >= 0.6 is 23.5 Å². The van der Waals surface area contributed by atoms with Crippen molar-refractivity contribution in [1.82, 2.24) is 4.90 Å². The van der Waals surface area contributed by atoms with E-state index in [1.54, 1.807) is 6.92 Å². The second-order valence-corrected chi connectivity index (χ2v) is 9.15. The summed E-state index contributed by atoms with van der Waals surface area (Å²) in [6, 6.07) is 14.4. The van der Waals surface area contributed by atoms with Gasteiger partial charge in [-0.2, -0.15) is 0 Å².